The van der Waals surface area contributed by atoms with Crippen LogP contribution in [0.5, 0.6) is 0 Å². The summed E-state index contributed by atoms with van der Waals surface area (Å²) in [5.74, 6) is 1.08. The van der Waals surface area contributed by atoms with E-state index < -0.39 is 0 Å². The standard InChI is InChI=1S/C22H28N4O/c1-16-5-7-18(8-6-16)15-21(27)25-13-9-19-17(2)23-22(24-20(19)10-14-25)26-11-3-4-12-26/h5-8H,3-4,9-15H2,1-2H3. The second-order valence-electron chi connectivity index (χ2n) is 7.77. The van der Waals surface area contributed by atoms with E-state index in [4.69, 9.17) is 9.97 Å². The summed E-state index contributed by atoms with van der Waals surface area (Å²) in [6.45, 7) is 7.76. The normalized spacial score (nSPS) is 17.0. The second-order valence-corrected chi connectivity index (χ2v) is 7.77. The molecule has 1 saturated heterocycles. The number of rotatable bonds is 3. The maximum Gasteiger partial charge on any atom is 0.227 e. The molecule has 4 rings (SSSR count). The number of aromatic nitrogens is 2. The van der Waals surface area contributed by atoms with Gasteiger partial charge in [0.15, 0.2) is 0 Å². The minimum atomic E-state index is 0.206. The first-order valence-corrected chi connectivity index (χ1v) is 10.0. The summed E-state index contributed by atoms with van der Waals surface area (Å²) in [6, 6.07) is 8.24. The molecule has 0 spiro atoms. The monoisotopic (exact) mass is 364 g/mol. The smallest absolute Gasteiger partial charge is 0.227 e. The van der Waals surface area contributed by atoms with Crippen molar-refractivity contribution >= 4 is 11.9 Å². The van der Waals surface area contributed by atoms with Gasteiger partial charge >= 0.3 is 0 Å². The van der Waals surface area contributed by atoms with Gasteiger partial charge in [-0.3, -0.25) is 4.79 Å². The summed E-state index contributed by atoms with van der Waals surface area (Å²) >= 11 is 0. The van der Waals surface area contributed by atoms with Gasteiger partial charge in [-0.05, 0) is 44.2 Å². The van der Waals surface area contributed by atoms with Gasteiger partial charge in [-0.25, -0.2) is 9.97 Å². The maximum absolute atomic E-state index is 12.8. The average molecular weight is 364 g/mol. The lowest BCUT2D eigenvalue weighted by Crippen LogP contribution is -2.34. The van der Waals surface area contributed by atoms with Crippen LogP contribution in [0.3, 0.4) is 0 Å². The molecule has 0 atom stereocenters. The Morgan fingerprint density at radius 1 is 0.963 bits per heavy atom. The highest BCUT2D eigenvalue weighted by Crippen LogP contribution is 2.23. The van der Waals surface area contributed by atoms with Crippen molar-refractivity contribution in [1.82, 2.24) is 14.9 Å². The van der Waals surface area contributed by atoms with E-state index >= 15 is 0 Å². The number of carbonyl (C=O) groups excluding carboxylic acids is 1. The van der Waals surface area contributed by atoms with Crippen LogP contribution >= 0.6 is 0 Å². The molecule has 0 aliphatic carbocycles. The van der Waals surface area contributed by atoms with Crippen LogP contribution in [0.1, 0.15) is 40.9 Å². The van der Waals surface area contributed by atoms with Crippen LogP contribution in [0.2, 0.25) is 0 Å². The zero-order valence-electron chi connectivity index (χ0n) is 16.4. The number of anilines is 1. The summed E-state index contributed by atoms with van der Waals surface area (Å²) in [7, 11) is 0. The Bertz CT molecular complexity index is 825. The molecule has 1 fully saturated rings. The highest BCUT2D eigenvalue weighted by atomic mass is 16.2. The molecule has 3 heterocycles. The third-order valence-electron chi connectivity index (χ3n) is 5.76. The highest BCUT2D eigenvalue weighted by Gasteiger charge is 2.23. The quantitative estimate of drug-likeness (QED) is 0.840. The molecule has 2 aromatic rings. The van der Waals surface area contributed by atoms with Gasteiger partial charge in [0.25, 0.3) is 0 Å². The van der Waals surface area contributed by atoms with Crippen molar-refractivity contribution in [3.63, 3.8) is 0 Å². The molecule has 0 N–H and O–H groups in total. The number of hydrogen-bond acceptors (Lipinski definition) is 4. The Morgan fingerprint density at radius 2 is 1.67 bits per heavy atom. The van der Waals surface area contributed by atoms with Crippen molar-refractivity contribution in [3.8, 4) is 0 Å². The first kappa shape index (κ1) is 18.0. The van der Waals surface area contributed by atoms with E-state index in [1.54, 1.807) is 0 Å². The number of fused-ring (bicyclic) bond motifs is 1. The molecule has 1 amide bonds. The predicted octanol–water partition coefficient (Wildman–Crippen LogP) is 2.86. The topological polar surface area (TPSA) is 49.3 Å². The van der Waals surface area contributed by atoms with E-state index in [9.17, 15) is 4.79 Å². The molecule has 5 heteroatoms. The fourth-order valence-electron chi connectivity index (χ4n) is 4.07. The summed E-state index contributed by atoms with van der Waals surface area (Å²) in [5.41, 5.74) is 5.76. The third kappa shape index (κ3) is 3.97. The van der Waals surface area contributed by atoms with E-state index in [-0.39, 0.29) is 5.91 Å². The number of aryl methyl sites for hydroxylation is 2. The zero-order chi connectivity index (χ0) is 18.8. The molecule has 2 aliphatic heterocycles. The van der Waals surface area contributed by atoms with Crippen molar-refractivity contribution in [2.75, 3.05) is 31.1 Å². The molecule has 1 aromatic carbocycles. The van der Waals surface area contributed by atoms with Gasteiger partial charge in [-0.1, -0.05) is 29.8 Å². The number of amides is 1. The third-order valence-corrected chi connectivity index (χ3v) is 5.76. The second kappa shape index (κ2) is 7.67. The molecule has 0 bridgehead atoms. The highest BCUT2D eigenvalue weighted by molar-refractivity contribution is 5.79. The molecule has 0 unspecified atom stereocenters. The average Bonchev–Trinajstić information content (AvgIpc) is 3.10. The molecule has 142 valence electrons. The van der Waals surface area contributed by atoms with Gasteiger partial charge in [-0.15, -0.1) is 0 Å². The summed E-state index contributed by atoms with van der Waals surface area (Å²) in [5, 5.41) is 0. The number of nitrogens with zero attached hydrogens (tertiary/aromatic N) is 4. The Labute approximate surface area is 161 Å². The van der Waals surface area contributed by atoms with Crippen molar-refractivity contribution < 1.29 is 4.79 Å². The number of benzene rings is 1. The first-order chi connectivity index (χ1) is 13.1. The largest absolute Gasteiger partial charge is 0.342 e. The van der Waals surface area contributed by atoms with Gasteiger partial charge in [0.05, 0.1) is 12.1 Å². The fourth-order valence-corrected chi connectivity index (χ4v) is 4.07. The molecule has 27 heavy (non-hydrogen) atoms. The van der Waals surface area contributed by atoms with E-state index in [1.807, 2.05) is 4.90 Å². The molecule has 1 aromatic heterocycles. The van der Waals surface area contributed by atoms with Crippen molar-refractivity contribution in [1.29, 1.82) is 0 Å². The maximum atomic E-state index is 12.8. The van der Waals surface area contributed by atoms with Crippen molar-refractivity contribution in [2.24, 2.45) is 0 Å². The molecule has 2 aliphatic rings. The lowest BCUT2D eigenvalue weighted by molar-refractivity contribution is -0.130. The van der Waals surface area contributed by atoms with Gasteiger partial charge < -0.3 is 9.80 Å². The lowest BCUT2D eigenvalue weighted by Gasteiger charge is -2.20. The van der Waals surface area contributed by atoms with Gasteiger partial charge in [-0.2, -0.15) is 0 Å². The van der Waals surface area contributed by atoms with E-state index in [0.29, 0.717) is 6.42 Å². The van der Waals surface area contributed by atoms with Gasteiger partial charge in [0.1, 0.15) is 0 Å². The summed E-state index contributed by atoms with van der Waals surface area (Å²) in [4.78, 5) is 26.7. The first-order valence-electron chi connectivity index (χ1n) is 10.0. The lowest BCUT2D eigenvalue weighted by atomic mass is 10.1. The Morgan fingerprint density at radius 3 is 2.41 bits per heavy atom. The Kier molecular flexibility index (Phi) is 5.10. The SMILES string of the molecule is Cc1ccc(CC(=O)N2CCc3nc(N4CCCC4)nc(C)c3CC2)cc1. The zero-order valence-corrected chi connectivity index (χ0v) is 16.4. The summed E-state index contributed by atoms with van der Waals surface area (Å²) in [6.07, 6.45) is 4.59. The van der Waals surface area contributed by atoms with Crippen LogP contribution in [0.25, 0.3) is 0 Å². The van der Waals surface area contributed by atoms with Crippen LogP contribution in [-0.2, 0) is 24.1 Å². The fraction of sp³-hybridized carbons (Fsp3) is 0.500. The molecular formula is C22H28N4O. The Hall–Kier alpha value is -2.43. The van der Waals surface area contributed by atoms with E-state index in [0.717, 1.165) is 61.9 Å². The van der Waals surface area contributed by atoms with Gasteiger partial charge in [0, 0.05) is 38.3 Å². The minimum absolute atomic E-state index is 0.206. The molecular weight excluding hydrogens is 336 g/mol. The molecule has 0 radical (unpaired) electrons. The Balaban J connectivity index is 1.46. The number of hydrogen-bond donors (Lipinski definition) is 0. The van der Waals surface area contributed by atoms with Crippen LogP contribution < -0.4 is 4.90 Å². The van der Waals surface area contributed by atoms with Crippen LogP contribution in [0.15, 0.2) is 24.3 Å². The van der Waals surface area contributed by atoms with E-state index in [1.165, 1.54) is 24.0 Å². The minimum Gasteiger partial charge on any atom is -0.342 e. The van der Waals surface area contributed by atoms with Crippen LogP contribution in [0, 0.1) is 13.8 Å². The van der Waals surface area contributed by atoms with Crippen LogP contribution in [0.4, 0.5) is 5.95 Å². The van der Waals surface area contributed by atoms with E-state index in [2.05, 4.69) is 43.0 Å². The van der Waals surface area contributed by atoms with Crippen molar-refractivity contribution in [3.05, 3.63) is 52.3 Å². The molecule has 5 nitrogen and oxygen atoms in total. The molecule has 0 saturated carbocycles. The van der Waals surface area contributed by atoms with Gasteiger partial charge in [0.2, 0.25) is 11.9 Å². The van der Waals surface area contributed by atoms with Crippen molar-refractivity contribution in [2.45, 2.75) is 46.0 Å². The summed E-state index contributed by atoms with van der Waals surface area (Å²) < 4.78 is 0. The van der Waals surface area contributed by atoms with Crippen LogP contribution in [-0.4, -0.2) is 47.0 Å². The predicted molar refractivity (Wildman–Crippen MR) is 107 cm³/mol. The number of carbonyl (C=O) groups is 1.